The van der Waals surface area contributed by atoms with Gasteiger partial charge in [0.1, 0.15) is 13.2 Å². The van der Waals surface area contributed by atoms with Crippen LogP contribution in [0.1, 0.15) is 213 Å². The summed E-state index contributed by atoms with van der Waals surface area (Å²) < 4.78 is 22.6. The van der Waals surface area contributed by atoms with Gasteiger partial charge in [0.15, 0.2) is 12.4 Å². The smallest absolute Gasteiger partial charge is 0.306 e. The number of carboxylic acids is 1. The summed E-state index contributed by atoms with van der Waals surface area (Å²) >= 11 is 0. The van der Waals surface area contributed by atoms with E-state index in [1.807, 2.05) is 21.1 Å². The first-order valence-electron chi connectivity index (χ1n) is 26.6. The fraction of sp³-hybridized carbons (Fsp3) is 0.737. The molecule has 0 saturated heterocycles. The molecule has 0 aliphatic rings. The second kappa shape index (κ2) is 48.2. The van der Waals surface area contributed by atoms with Crippen molar-refractivity contribution in [3.63, 3.8) is 0 Å². The first kappa shape index (κ1) is 62.7. The first-order valence-corrected chi connectivity index (χ1v) is 26.6. The third kappa shape index (κ3) is 48.7. The number of hydrogen-bond donors (Lipinski definition) is 0. The van der Waals surface area contributed by atoms with Crippen LogP contribution in [0.15, 0.2) is 72.9 Å². The van der Waals surface area contributed by atoms with Crippen LogP contribution < -0.4 is 5.11 Å². The fourth-order valence-electron chi connectivity index (χ4n) is 7.13. The standard InChI is InChI=1S/C57H99NO8/c1-6-8-10-12-14-16-18-20-21-22-23-24-25-26-27-28-29-30-31-32-33-34-35-36-38-40-42-44-46-48-55(60)66-53(52-65-57(56(61)62)63-50-49-58(3,4)5)51-64-54(59)47-45-43-41-39-37-19-17-15-13-11-9-7-2/h8,10,14,16,20-21,23-24,26-27,29-30,53,57H,6-7,9,11-13,15,17-19,22,25,28,31-52H2,1-5H3/b10-8-,16-14-,21-20-,24-23-,27-26-,30-29-. The Morgan fingerprint density at radius 2 is 0.864 bits per heavy atom. The van der Waals surface area contributed by atoms with Crippen LogP contribution in [0.4, 0.5) is 0 Å². The van der Waals surface area contributed by atoms with E-state index in [2.05, 4.69) is 86.8 Å². The molecule has 0 aromatic heterocycles. The van der Waals surface area contributed by atoms with Gasteiger partial charge in [-0.2, -0.15) is 0 Å². The molecular formula is C57H99NO8. The summed E-state index contributed by atoms with van der Waals surface area (Å²) in [6.07, 6.45) is 58.0. The van der Waals surface area contributed by atoms with Crippen molar-refractivity contribution in [2.75, 3.05) is 47.5 Å². The number of hydrogen-bond acceptors (Lipinski definition) is 8. The highest BCUT2D eigenvalue weighted by Crippen LogP contribution is 2.15. The molecule has 0 aromatic rings. The lowest BCUT2D eigenvalue weighted by Crippen LogP contribution is -2.44. The van der Waals surface area contributed by atoms with Gasteiger partial charge in [0.05, 0.1) is 40.3 Å². The molecule has 0 amide bonds. The average molecular weight is 926 g/mol. The van der Waals surface area contributed by atoms with Crippen molar-refractivity contribution < 1.29 is 42.9 Å². The highest BCUT2D eigenvalue weighted by molar-refractivity contribution is 5.70. The highest BCUT2D eigenvalue weighted by Gasteiger charge is 2.22. The number of esters is 2. The molecule has 0 N–H and O–H groups in total. The van der Waals surface area contributed by atoms with Crippen molar-refractivity contribution in [1.82, 2.24) is 0 Å². The summed E-state index contributed by atoms with van der Waals surface area (Å²) in [4.78, 5) is 37.1. The maximum Gasteiger partial charge on any atom is 0.306 e. The van der Waals surface area contributed by atoms with Gasteiger partial charge in [-0.05, 0) is 64.2 Å². The van der Waals surface area contributed by atoms with Crippen molar-refractivity contribution in [1.29, 1.82) is 0 Å². The van der Waals surface area contributed by atoms with Gasteiger partial charge in [0.25, 0.3) is 0 Å². The molecule has 0 aliphatic heterocycles. The third-order valence-electron chi connectivity index (χ3n) is 11.2. The number of nitrogens with zero attached hydrogens (tertiary/aromatic N) is 1. The van der Waals surface area contributed by atoms with Crippen molar-refractivity contribution >= 4 is 17.9 Å². The van der Waals surface area contributed by atoms with Crippen LogP contribution in [0.2, 0.25) is 0 Å². The lowest BCUT2D eigenvalue weighted by atomic mass is 10.0. The summed E-state index contributed by atoms with van der Waals surface area (Å²) in [5.74, 6) is -2.29. The van der Waals surface area contributed by atoms with E-state index in [9.17, 15) is 19.5 Å². The summed E-state index contributed by atoms with van der Waals surface area (Å²) in [5.41, 5.74) is 0. The highest BCUT2D eigenvalue weighted by atomic mass is 16.7. The van der Waals surface area contributed by atoms with E-state index in [1.54, 1.807) is 0 Å². The van der Waals surface area contributed by atoms with Gasteiger partial charge in [-0.25, -0.2) is 0 Å². The van der Waals surface area contributed by atoms with Crippen molar-refractivity contribution in [2.24, 2.45) is 0 Å². The van der Waals surface area contributed by atoms with Crippen LogP contribution in [0.5, 0.6) is 0 Å². The summed E-state index contributed by atoms with van der Waals surface area (Å²) in [7, 11) is 5.91. The van der Waals surface area contributed by atoms with Gasteiger partial charge in [-0.3, -0.25) is 9.59 Å². The second-order valence-corrected chi connectivity index (χ2v) is 18.8. The molecular weight excluding hydrogens is 827 g/mol. The normalized spacial score (nSPS) is 13.4. The van der Waals surface area contributed by atoms with E-state index in [4.69, 9.17) is 18.9 Å². The fourth-order valence-corrected chi connectivity index (χ4v) is 7.13. The number of carbonyl (C=O) groups excluding carboxylic acids is 3. The monoisotopic (exact) mass is 926 g/mol. The van der Waals surface area contributed by atoms with Gasteiger partial charge in [-0.15, -0.1) is 0 Å². The molecule has 0 spiro atoms. The Kier molecular flexibility index (Phi) is 45.8. The van der Waals surface area contributed by atoms with Gasteiger partial charge >= 0.3 is 11.9 Å². The Labute approximate surface area is 405 Å². The lowest BCUT2D eigenvalue weighted by Gasteiger charge is -2.26. The largest absolute Gasteiger partial charge is 0.545 e. The van der Waals surface area contributed by atoms with E-state index in [0.717, 1.165) is 83.5 Å². The van der Waals surface area contributed by atoms with Gasteiger partial charge in [-0.1, -0.05) is 209 Å². The van der Waals surface area contributed by atoms with Crippen LogP contribution in [-0.4, -0.2) is 82.3 Å². The summed E-state index contributed by atoms with van der Waals surface area (Å²) in [6, 6.07) is 0. The zero-order valence-corrected chi connectivity index (χ0v) is 43.0. The molecule has 0 rings (SSSR count). The zero-order valence-electron chi connectivity index (χ0n) is 43.0. The Morgan fingerprint density at radius 1 is 0.470 bits per heavy atom. The number of rotatable bonds is 48. The number of carboxylic acid groups (broad SMARTS) is 1. The minimum atomic E-state index is -1.62. The topological polar surface area (TPSA) is 111 Å². The van der Waals surface area contributed by atoms with Crippen LogP contribution >= 0.6 is 0 Å². The van der Waals surface area contributed by atoms with E-state index in [1.165, 1.54) is 96.3 Å². The number of ether oxygens (including phenoxy) is 4. The number of aliphatic carboxylic acids is 1. The van der Waals surface area contributed by atoms with Gasteiger partial charge in [0, 0.05) is 12.8 Å². The quantitative estimate of drug-likeness (QED) is 0.0195. The average Bonchev–Trinajstić information content (AvgIpc) is 3.28. The van der Waals surface area contributed by atoms with Crippen LogP contribution in [-0.2, 0) is 33.3 Å². The minimum Gasteiger partial charge on any atom is -0.545 e. The Hall–Kier alpha value is -3.27. The molecule has 9 nitrogen and oxygen atoms in total. The predicted molar refractivity (Wildman–Crippen MR) is 274 cm³/mol. The molecule has 66 heavy (non-hydrogen) atoms. The molecule has 0 aliphatic carbocycles. The minimum absolute atomic E-state index is 0.145. The van der Waals surface area contributed by atoms with Crippen molar-refractivity contribution in [2.45, 2.75) is 225 Å². The van der Waals surface area contributed by atoms with Crippen molar-refractivity contribution in [3.05, 3.63) is 72.9 Å². The summed E-state index contributed by atoms with van der Waals surface area (Å²) in [6.45, 7) is 4.62. The zero-order chi connectivity index (χ0) is 48.4. The molecule has 0 saturated carbocycles. The van der Waals surface area contributed by atoms with Crippen LogP contribution in [0, 0.1) is 0 Å². The first-order chi connectivity index (χ1) is 32.1. The van der Waals surface area contributed by atoms with Crippen molar-refractivity contribution in [3.8, 4) is 0 Å². The third-order valence-corrected chi connectivity index (χ3v) is 11.2. The predicted octanol–water partition coefficient (Wildman–Crippen LogP) is 13.7. The maximum absolute atomic E-state index is 12.8. The molecule has 380 valence electrons. The van der Waals surface area contributed by atoms with Crippen LogP contribution in [0.3, 0.4) is 0 Å². The lowest BCUT2D eigenvalue weighted by molar-refractivity contribution is -0.870. The Bertz CT molecular complexity index is 1310. The van der Waals surface area contributed by atoms with E-state index < -0.39 is 24.3 Å². The van der Waals surface area contributed by atoms with Crippen LogP contribution in [0.25, 0.3) is 0 Å². The van der Waals surface area contributed by atoms with E-state index >= 15 is 0 Å². The Morgan fingerprint density at radius 3 is 1.29 bits per heavy atom. The van der Waals surface area contributed by atoms with Gasteiger partial charge in [0.2, 0.25) is 0 Å². The van der Waals surface area contributed by atoms with Gasteiger partial charge < -0.3 is 33.3 Å². The second-order valence-electron chi connectivity index (χ2n) is 18.8. The number of carbonyl (C=O) groups is 3. The molecule has 0 radical (unpaired) electrons. The number of allylic oxidation sites excluding steroid dienone is 12. The summed E-state index contributed by atoms with van der Waals surface area (Å²) in [5, 5.41) is 11.7. The SMILES string of the molecule is CC/C=C\C/C=C\C/C=C\C/C=C\C/C=C\C/C=C\CCCCCCCCCCCCC(=O)OC(COC(=O)CCCCCCCCCCCCCC)COC(OCC[N+](C)(C)C)C(=O)[O-]. The van der Waals surface area contributed by atoms with E-state index in [-0.39, 0.29) is 32.2 Å². The molecule has 2 atom stereocenters. The molecule has 2 unspecified atom stereocenters. The maximum atomic E-state index is 12.8. The van der Waals surface area contributed by atoms with E-state index in [0.29, 0.717) is 23.9 Å². The molecule has 0 aromatic carbocycles. The number of quaternary nitrogens is 1. The molecule has 9 heteroatoms. The molecule has 0 fully saturated rings. The molecule has 0 bridgehead atoms. The number of likely N-dealkylation sites (N-methyl/N-ethyl adjacent to an activating group) is 1. The Balaban J connectivity index is 4.24. The molecule has 0 heterocycles. The number of unbranched alkanes of at least 4 members (excludes halogenated alkanes) is 21.